The normalized spacial score (nSPS) is 10.0. The quantitative estimate of drug-likeness (QED) is 0.634. The number of pyridine rings is 1. The Bertz CT molecular complexity index is 538. The van der Waals surface area contributed by atoms with Gasteiger partial charge in [-0.3, -0.25) is 10.1 Å². The number of rotatable bonds is 3. The smallest absolute Gasteiger partial charge is 0.345 e. The summed E-state index contributed by atoms with van der Waals surface area (Å²) in [5.74, 6) is -1.78. The van der Waals surface area contributed by atoms with Gasteiger partial charge in [-0.2, -0.15) is 5.26 Å². The molecule has 0 unspecified atom stereocenters. The molecule has 9 heteroatoms. The molecule has 0 amide bonds. The molecule has 0 radical (unpaired) electrons. The molecule has 1 heterocycles. The molecule has 0 saturated heterocycles. The third-order valence-corrected chi connectivity index (χ3v) is 1.76. The first kappa shape index (κ1) is 12.4. The van der Waals surface area contributed by atoms with Gasteiger partial charge in [-0.25, -0.2) is 18.6 Å². The number of nitriles is 1. The predicted octanol–water partition coefficient (Wildman–Crippen LogP) is 1.50. The Morgan fingerprint density at radius 3 is 2.59 bits per heavy atom. The summed E-state index contributed by atoms with van der Waals surface area (Å²) in [6, 6.07) is 1.58. The van der Waals surface area contributed by atoms with Gasteiger partial charge in [0.1, 0.15) is 11.8 Å². The van der Waals surface area contributed by atoms with Gasteiger partial charge in [0.15, 0.2) is 11.3 Å². The molecule has 0 aliphatic carbocycles. The maximum Gasteiger partial charge on any atom is 0.345 e. The molecule has 1 aromatic heterocycles. The van der Waals surface area contributed by atoms with Gasteiger partial charge >= 0.3 is 5.97 Å². The van der Waals surface area contributed by atoms with E-state index in [9.17, 15) is 23.7 Å². The fourth-order valence-electron chi connectivity index (χ4n) is 1.10. The molecule has 1 rings (SSSR count). The van der Waals surface area contributed by atoms with E-state index >= 15 is 0 Å². The van der Waals surface area contributed by atoms with Crippen molar-refractivity contribution in [1.29, 1.82) is 5.26 Å². The van der Waals surface area contributed by atoms with E-state index in [0.29, 0.717) is 6.07 Å². The molecule has 0 aliphatic heterocycles. The first-order valence-electron chi connectivity index (χ1n) is 3.99. The first-order chi connectivity index (χ1) is 7.88. The molecule has 1 N–H and O–H groups in total. The van der Waals surface area contributed by atoms with Gasteiger partial charge in [-0.05, 0) is 0 Å². The zero-order chi connectivity index (χ0) is 13.2. The summed E-state index contributed by atoms with van der Waals surface area (Å²) in [6.07, 6.45) is -3.14. The van der Waals surface area contributed by atoms with Crippen molar-refractivity contribution in [2.45, 2.75) is 6.43 Å². The second-order valence-electron chi connectivity index (χ2n) is 2.76. The minimum absolute atomic E-state index is 0.342. The van der Waals surface area contributed by atoms with Crippen LogP contribution in [0.25, 0.3) is 0 Å². The van der Waals surface area contributed by atoms with Crippen LogP contribution in [0.2, 0.25) is 0 Å². The monoisotopic (exact) mass is 243 g/mol. The standard InChI is InChI=1S/C8H3F2N3O4/c9-7(10)3-1-5(13(16)17)6(8(14)15)4(2-11)12-3/h1,7H,(H,14,15). The Balaban J connectivity index is 3.65. The van der Waals surface area contributed by atoms with Crippen LogP contribution in [0.3, 0.4) is 0 Å². The van der Waals surface area contributed by atoms with E-state index in [1.807, 2.05) is 0 Å². The number of aromatic carboxylic acids is 1. The topological polar surface area (TPSA) is 117 Å². The summed E-state index contributed by atoms with van der Waals surface area (Å²) < 4.78 is 24.6. The van der Waals surface area contributed by atoms with Gasteiger partial charge in [0, 0.05) is 6.07 Å². The molecule has 7 nitrogen and oxygen atoms in total. The van der Waals surface area contributed by atoms with Crippen LogP contribution in [0, 0.1) is 21.4 Å². The van der Waals surface area contributed by atoms with E-state index in [-0.39, 0.29) is 0 Å². The number of carbonyl (C=O) groups is 1. The van der Waals surface area contributed by atoms with Crippen molar-refractivity contribution in [3.05, 3.63) is 33.1 Å². The fraction of sp³-hybridized carbons (Fsp3) is 0.125. The van der Waals surface area contributed by atoms with Crippen molar-refractivity contribution in [2.24, 2.45) is 0 Å². The van der Waals surface area contributed by atoms with Crippen molar-refractivity contribution in [3.63, 3.8) is 0 Å². The number of nitrogens with zero attached hydrogens (tertiary/aromatic N) is 3. The van der Waals surface area contributed by atoms with Crippen molar-refractivity contribution < 1.29 is 23.6 Å². The van der Waals surface area contributed by atoms with Crippen LogP contribution in [0.1, 0.15) is 28.2 Å². The molecule has 17 heavy (non-hydrogen) atoms. The average Bonchev–Trinajstić information content (AvgIpc) is 2.26. The lowest BCUT2D eigenvalue weighted by Crippen LogP contribution is -2.09. The largest absolute Gasteiger partial charge is 0.477 e. The zero-order valence-corrected chi connectivity index (χ0v) is 7.92. The number of hydrogen-bond acceptors (Lipinski definition) is 5. The molecular weight excluding hydrogens is 240 g/mol. The summed E-state index contributed by atoms with van der Waals surface area (Å²) in [7, 11) is 0. The summed E-state index contributed by atoms with van der Waals surface area (Å²) in [4.78, 5) is 23.1. The summed E-state index contributed by atoms with van der Waals surface area (Å²) in [5, 5.41) is 27.7. The van der Waals surface area contributed by atoms with Crippen LogP contribution < -0.4 is 0 Å². The molecule has 0 spiro atoms. The van der Waals surface area contributed by atoms with E-state index in [2.05, 4.69) is 4.98 Å². The molecule has 0 aliphatic rings. The van der Waals surface area contributed by atoms with Crippen LogP contribution in [0.5, 0.6) is 0 Å². The number of hydrogen-bond donors (Lipinski definition) is 1. The highest BCUT2D eigenvalue weighted by Gasteiger charge is 2.28. The Morgan fingerprint density at radius 1 is 1.65 bits per heavy atom. The van der Waals surface area contributed by atoms with Crippen LogP contribution in [0.4, 0.5) is 14.5 Å². The van der Waals surface area contributed by atoms with E-state index in [1.165, 1.54) is 6.07 Å². The van der Waals surface area contributed by atoms with Gasteiger partial charge in [-0.15, -0.1) is 0 Å². The van der Waals surface area contributed by atoms with Crippen LogP contribution >= 0.6 is 0 Å². The molecule has 88 valence electrons. The number of alkyl halides is 2. The van der Waals surface area contributed by atoms with Gasteiger partial charge in [0.2, 0.25) is 0 Å². The van der Waals surface area contributed by atoms with E-state index in [1.54, 1.807) is 0 Å². The van der Waals surface area contributed by atoms with E-state index in [0.717, 1.165) is 0 Å². The second kappa shape index (κ2) is 4.48. The Labute approximate surface area is 92.1 Å². The number of halogens is 2. The van der Waals surface area contributed by atoms with Crippen molar-refractivity contribution >= 4 is 11.7 Å². The summed E-state index contributed by atoms with van der Waals surface area (Å²) >= 11 is 0. The lowest BCUT2D eigenvalue weighted by Gasteiger charge is -2.03. The molecule has 0 bridgehead atoms. The van der Waals surface area contributed by atoms with Crippen LogP contribution in [0.15, 0.2) is 6.07 Å². The molecule has 0 fully saturated rings. The van der Waals surface area contributed by atoms with Gasteiger partial charge < -0.3 is 5.11 Å². The van der Waals surface area contributed by atoms with E-state index in [4.69, 9.17) is 10.4 Å². The van der Waals surface area contributed by atoms with E-state index < -0.39 is 40.0 Å². The maximum atomic E-state index is 12.3. The molecular formula is C8H3F2N3O4. The Morgan fingerprint density at radius 2 is 2.24 bits per heavy atom. The highest BCUT2D eigenvalue weighted by atomic mass is 19.3. The number of carboxylic acid groups (broad SMARTS) is 1. The minimum atomic E-state index is -3.14. The SMILES string of the molecule is N#Cc1nc(C(F)F)cc([N+](=O)[O-])c1C(=O)O. The zero-order valence-electron chi connectivity index (χ0n) is 7.92. The number of carboxylic acids is 1. The summed E-state index contributed by atoms with van der Waals surface area (Å²) in [5.41, 5.74) is -4.01. The van der Waals surface area contributed by atoms with Crippen molar-refractivity contribution in [1.82, 2.24) is 4.98 Å². The fourth-order valence-corrected chi connectivity index (χ4v) is 1.10. The minimum Gasteiger partial charge on any atom is -0.477 e. The predicted molar refractivity (Wildman–Crippen MR) is 47.5 cm³/mol. The third kappa shape index (κ3) is 2.31. The van der Waals surface area contributed by atoms with Gasteiger partial charge in [0.25, 0.3) is 12.1 Å². The third-order valence-electron chi connectivity index (χ3n) is 1.76. The maximum absolute atomic E-state index is 12.3. The molecule has 1 aromatic rings. The summed E-state index contributed by atoms with van der Waals surface area (Å²) in [6.45, 7) is 0. The highest BCUT2D eigenvalue weighted by molar-refractivity contribution is 5.94. The van der Waals surface area contributed by atoms with Gasteiger partial charge in [-0.1, -0.05) is 0 Å². The average molecular weight is 243 g/mol. The second-order valence-corrected chi connectivity index (χ2v) is 2.76. The lowest BCUT2D eigenvalue weighted by molar-refractivity contribution is -0.385. The Kier molecular flexibility index (Phi) is 3.28. The van der Waals surface area contributed by atoms with Crippen molar-refractivity contribution in [3.8, 4) is 6.07 Å². The van der Waals surface area contributed by atoms with Gasteiger partial charge in [0.05, 0.1) is 4.92 Å². The van der Waals surface area contributed by atoms with Crippen LogP contribution in [-0.4, -0.2) is 21.0 Å². The highest BCUT2D eigenvalue weighted by Crippen LogP contribution is 2.26. The molecule has 0 aromatic carbocycles. The van der Waals surface area contributed by atoms with Crippen molar-refractivity contribution in [2.75, 3.05) is 0 Å². The number of nitro groups is 1. The Hall–Kier alpha value is -2.63. The molecule has 0 atom stereocenters. The first-order valence-corrected chi connectivity index (χ1v) is 3.99. The van der Waals surface area contributed by atoms with Crippen LogP contribution in [-0.2, 0) is 0 Å². The lowest BCUT2D eigenvalue weighted by atomic mass is 10.1. The number of aromatic nitrogens is 1. The molecule has 0 saturated carbocycles.